The Balaban J connectivity index is 1.63. The largest absolute Gasteiger partial charge is 0.417 e. The molecule has 1 aliphatic rings. The van der Waals surface area contributed by atoms with Crippen molar-refractivity contribution in [3.8, 4) is 0 Å². The predicted octanol–water partition coefficient (Wildman–Crippen LogP) is 3.96. The minimum atomic E-state index is -4.48. The summed E-state index contributed by atoms with van der Waals surface area (Å²) in [6, 6.07) is 3.15. The van der Waals surface area contributed by atoms with Gasteiger partial charge >= 0.3 is 12.2 Å². The number of alkyl halides is 3. The Bertz CT molecular complexity index is 901. The van der Waals surface area contributed by atoms with Crippen LogP contribution in [0.2, 0.25) is 5.02 Å². The van der Waals surface area contributed by atoms with Gasteiger partial charge in [0.25, 0.3) is 0 Å². The first-order valence-corrected chi connectivity index (χ1v) is 8.69. The minimum Gasteiger partial charge on any atom is -0.392 e. The van der Waals surface area contributed by atoms with E-state index in [1.807, 2.05) is 6.08 Å². The third-order valence-electron chi connectivity index (χ3n) is 4.21. The van der Waals surface area contributed by atoms with Crippen LogP contribution in [-0.2, 0) is 12.8 Å². The van der Waals surface area contributed by atoms with Crippen LogP contribution in [0.15, 0.2) is 36.7 Å². The highest BCUT2D eigenvalue weighted by molar-refractivity contribution is 6.32. The normalized spacial score (nSPS) is 14.6. The summed E-state index contributed by atoms with van der Waals surface area (Å²) in [4.78, 5) is 21.7. The molecule has 0 fully saturated rings. The first-order valence-electron chi connectivity index (χ1n) is 8.32. The summed E-state index contributed by atoms with van der Waals surface area (Å²) in [5, 5.41) is 12.0. The molecular formula is C18H16ClF3N4O2. The molecule has 6 nitrogen and oxygen atoms in total. The summed E-state index contributed by atoms with van der Waals surface area (Å²) in [6.07, 6.45) is 0.0639. The van der Waals surface area contributed by atoms with Crippen LogP contribution < -0.4 is 5.32 Å². The van der Waals surface area contributed by atoms with Gasteiger partial charge in [-0.25, -0.2) is 9.78 Å². The molecule has 0 saturated carbocycles. The first kappa shape index (κ1) is 20.1. The van der Waals surface area contributed by atoms with E-state index in [1.165, 1.54) is 11.1 Å². The van der Waals surface area contributed by atoms with Crippen LogP contribution in [0, 0.1) is 0 Å². The lowest BCUT2D eigenvalue weighted by atomic mass is 10.0. The smallest absolute Gasteiger partial charge is 0.392 e. The molecule has 0 spiro atoms. The number of nitrogens with one attached hydrogen (secondary N) is 1. The molecule has 0 bridgehead atoms. The number of aliphatic hydroxyl groups excluding tert-OH is 1. The topological polar surface area (TPSA) is 78.4 Å². The highest BCUT2D eigenvalue weighted by Gasteiger charge is 2.30. The van der Waals surface area contributed by atoms with Gasteiger partial charge in [0, 0.05) is 25.5 Å². The molecule has 2 aromatic rings. The number of hydrogen-bond donors (Lipinski definition) is 2. The number of nitrogens with zero attached hydrogens (tertiary/aromatic N) is 3. The summed E-state index contributed by atoms with van der Waals surface area (Å²) in [5.74, 6) is 0.0390. The third kappa shape index (κ3) is 4.60. The maximum absolute atomic E-state index is 12.6. The molecule has 28 heavy (non-hydrogen) atoms. The highest BCUT2D eigenvalue weighted by atomic mass is 35.5. The van der Waals surface area contributed by atoms with Gasteiger partial charge in [0.15, 0.2) is 0 Å². The fourth-order valence-corrected chi connectivity index (χ4v) is 3.00. The Morgan fingerprint density at radius 3 is 2.61 bits per heavy atom. The Labute approximate surface area is 163 Å². The number of carbonyl (C=O) groups is 1. The number of anilines is 1. The molecule has 0 aliphatic carbocycles. The van der Waals surface area contributed by atoms with Gasteiger partial charge in [-0.15, -0.1) is 0 Å². The van der Waals surface area contributed by atoms with Crippen LogP contribution in [-0.4, -0.2) is 39.1 Å². The fourth-order valence-electron chi connectivity index (χ4n) is 2.69. The van der Waals surface area contributed by atoms with Crippen molar-refractivity contribution in [2.24, 2.45) is 0 Å². The maximum atomic E-state index is 12.6. The number of aliphatic hydroxyl groups is 1. The molecule has 0 atom stereocenters. The molecule has 0 unspecified atom stereocenters. The molecular weight excluding hydrogens is 397 g/mol. The molecule has 1 aliphatic heterocycles. The van der Waals surface area contributed by atoms with Crippen molar-refractivity contribution in [2.45, 2.75) is 19.2 Å². The van der Waals surface area contributed by atoms with Crippen LogP contribution in [0.4, 0.5) is 23.8 Å². The van der Waals surface area contributed by atoms with Gasteiger partial charge in [0.2, 0.25) is 0 Å². The number of aromatic nitrogens is 2. The van der Waals surface area contributed by atoms with Crippen LogP contribution in [0.25, 0.3) is 5.57 Å². The van der Waals surface area contributed by atoms with Gasteiger partial charge in [0.05, 0.1) is 22.9 Å². The van der Waals surface area contributed by atoms with Gasteiger partial charge in [-0.3, -0.25) is 10.3 Å². The van der Waals surface area contributed by atoms with Crippen molar-refractivity contribution in [3.63, 3.8) is 0 Å². The second-order valence-corrected chi connectivity index (χ2v) is 6.52. The van der Waals surface area contributed by atoms with Gasteiger partial charge < -0.3 is 10.0 Å². The zero-order valence-corrected chi connectivity index (χ0v) is 15.3. The van der Waals surface area contributed by atoms with Crippen molar-refractivity contribution < 1.29 is 23.1 Å². The second kappa shape index (κ2) is 8.15. The van der Waals surface area contributed by atoms with E-state index in [4.69, 9.17) is 16.7 Å². The summed E-state index contributed by atoms with van der Waals surface area (Å²) >= 11 is 6.20. The van der Waals surface area contributed by atoms with E-state index >= 15 is 0 Å². The lowest BCUT2D eigenvalue weighted by Gasteiger charge is -2.26. The summed E-state index contributed by atoms with van der Waals surface area (Å²) in [6.45, 7) is 0.525. The Kier molecular flexibility index (Phi) is 5.85. The molecule has 148 valence electrons. The van der Waals surface area contributed by atoms with E-state index in [-0.39, 0.29) is 12.4 Å². The molecule has 3 rings (SSSR count). The maximum Gasteiger partial charge on any atom is 0.417 e. The molecule has 3 heterocycles. The van der Waals surface area contributed by atoms with E-state index in [2.05, 4.69) is 15.3 Å². The number of halogens is 4. The number of rotatable bonds is 3. The second-order valence-electron chi connectivity index (χ2n) is 6.12. The Morgan fingerprint density at radius 1 is 1.29 bits per heavy atom. The molecule has 0 aromatic carbocycles. The third-order valence-corrected chi connectivity index (χ3v) is 4.49. The fraction of sp³-hybridized carbons (Fsp3) is 0.278. The van der Waals surface area contributed by atoms with E-state index in [0.29, 0.717) is 42.0 Å². The van der Waals surface area contributed by atoms with Crippen molar-refractivity contribution >= 4 is 29.0 Å². The quantitative estimate of drug-likeness (QED) is 0.799. The number of amides is 2. The number of urea groups is 1. The molecule has 2 N–H and O–H groups in total. The van der Waals surface area contributed by atoms with E-state index in [9.17, 15) is 18.0 Å². The predicted molar refractivity (Wildman–Crippen MR) is 97.6 cm³/mol. The van der Waals surface area contributed by atoms with E-state index in [1.54, 1.807) is 6.07 Å². The number of hydrogen-bond acceptors (Lipinski definition) is 4. The molecule has 10 heteroatoms. The van der Waals surface area contributed by atoms with Crippen LogP contribution in [0.3, 0.4) is 0 Å². The average molecular weight is 413 g/mol. The molecule has 0 saturated heterocycles. The van der Waals surface area contributed by atoms with Crippen LogP contribution >= 0.6 is 11.6 Å². The van der Waals surface area contributed by atoms with Crippen molar-refractivity contribution in [3.05, 3.63) is 58.5 Å². The highest BCUT2D eigenvalue weighted by Crippen LogP contribution is 2.29. The lowest BCUT2D eigenvalue weighted by Crippen LogP contribution is -2.38. The van der Waals surface area contributed by atoms with Crippen molar-refractivity contribution in [1.82, 2.24) is 14.9 Å². The van der Waals surface area contributed by atoms with Crippen molar-refractivity contribution in [1.29, 1.82) is 0 Å². The number of pyridine rings is 2. The number of carbonyl (C=O) groups excluding carboxylic acids is 1. The SMILES string of the molecule is O=C(Nc1ccc(C(F)(F)F)cn1)N1CC=C(c2ncc(CO)cc2Cl)CC1. The van der Waals surface area contributed by atoms with Gasteiger partial charge in [0.1, 0.15) is 5.82 Å². The summed E-state index contributed by atoms with van der Waals surface area (Å²) in [7, 11) is 0. The summed E-state index contributed by atoms with van der Waals surface area (Å²) in [5.41, 5.74) is 1.21. The molecule has 2 amide bonds. The first-order chi connectivity index (χ1) is 13.3. The molecule has 2 aromatic heterocycles. The zero-order valence-electron chi connectivity index (χ0n) is 14.5. The van der Waals surface area contributed by atoms with Gasteiger partial charge in [-0.1, -0.05) is 17.7 Å². The standard InChI is InChI=1S/C18H16ClF3N4O2/c19-14-7-11(10-27)8-24-16(14)12-3-5-26(6-4-12)17(28)25-15-2-1-13(9-23-15)18(20,21)22/h1-3,7-9,27H,4-6,10H2,(H,23,25,28). The zero-order chi connectivity index (χ0) is 20.3. The van der Waals surface area contributed by atoms with Crippen molar-refractivity contribution in [2.75, 3.05) is 18.4 Å². The van der Waals surface area contributed by atoms with Gasteiger partial charge in [-0.2, -0.15) is 13.2 Å². The van der Waals surface area contributed by atoms with Crippen LogP contribution in [0.5, 0.6) is 0 Å². The average Bonchev–Trinajstić information content (AvgIpc) is 2.67. The van der Waals surface area contributed by atoms with E-state index in [0.717, 1.165) is 17.7 Å². The van der Waals surface area contributed by atoms with Crippen LogP contribution in [0.1, 0.15) is 23.2 Å². The Hall–Kier alpha value is -2.65. The van der Waals surface area contributed by atoms with Gasteiger partial charge in [-0.05, 0) is 35.8 Å². The lowest BCUT2D eigenvalue weighted by molar-refractivity contribution is -0.137. The summed E-state index contributed by atoms with van der Waals surface area (Å²) < 4.78 is 37.7. The Morgan fingerprint density at radius 2 is 2.07 bits per heavy atom. The molecule has 0 radical (unpaired) electrons. The van der Waals surface area contributed by atoms with E-state index < -0.39 is 17.8 Å². The minimum absolute atomic E-state index is 0.0390. The monoisotopic (exact) mass is 412 g/mol.